The van der Waals surface area contributed by atoms with Gasteiger partial charge >= 0.3 is 12.2 Å². The van der Waals surface area contributed by atoms with Crippen LogP contribution in [0.4, 0.5) is 9.59 Å². The molecule has 2 saturated heterocycles. The van der Waals surface area contributed by atoms with Crippen LogP contribution >= 0.6 is 0 Å². The summed E-state index contributed by atoms with van der Waals surface area (Å²) in [4.78, 5) is 73.1. The molecule has 4 heterocycles. The summed E-state index contributed by atoms with van der Waals surface area (Å²) >= 11 is 0. The first kappa shape index (κ1) is 40.7. The summed E-state index contributed by atoms with van der Waals surface area (Å²) in [5.74, 6) is 7.38. The van der Waals surface area contributed by atoms with Gasteiger partial charge in [0, 0.05) is 30.3 Å². The lowest BCUT2D eigenvalue weighted by atomic mass is 9.99. The van der Waals surface area contributed by atoms with Crippen LogP contribution in [-0.4, -0.2) is 102 Å². The Morgan fingerprint density at radius 3 is 1.62 bits per heavy atom. The number of aromatic amines is 2. The molecule has 0 spiro atoms. The highest BCUT2D eigenvalue weighted by molar-refractivity contribution is 5.88. The van der Waals surface area contributed by atoms with Gasteiger partial charge in [0.25, 0.3) is 0 Å². The number of likely N-dealkylation sites (tertiary alicyclic amines) is 2. The van der Waals surface area contributed by atoms with Crippen LogP contribution in [0.3, 0.4) is 0 Å². The average Bonchev–Trinajstić information content (AvgIpc) is 3.67. The Bertz CT molecular complexity index is 2380. The van der Waals surface area contributed by atoms with Crippen molar-refractivity contribution in [3.8, 4) is 34.4 Å². The van der Waals surface area contributed by atoms with E-state index in [1.165, 1.54) is 14.2 Å². The number of piperidine rings is 2. The highest BCUT2D eigenvalue weighted by Gasteiger charge is 2.65. The number of fused-ring (bicyclic) bond motifs is 2. The van der Waals surface area contributed by atoms with Crippen LogP contribution in [0.15, 0.2) is 60.9 Å². The Kier molecular flexibility index (Phi) is 10.3. The van der Waals surface area contributed by atoms with Gasteiger partial charge in [-0.1, -0.05) is 77.6 Å². The molecule has 8 rings (SSSR count). The van der Waals surface area contributed by atoms with Crippen molar-refractivity contribution in [3.63, 3.8) is 0 Å². The number of ether oxygens (including phenoxy) is 1. The molecule has 4 aliphatic rings. The molecule has 4 aromatic rings. The van der Waals surface area contributed by atoms with Crippen molar-refractivity contribution < 1.29 is 29.0 Å². The Labute approximate surface area is 350 Å². The van der Waals surface area contributed by atoms with E-state index >= 15 is 0 Å². The number of carbonyl (C=O) groups excluding carboxylic acids is 3. The van der Waals surface area contributed by atoms with Gasteiger partial charge in [-0.2, -0.15) is 0 Å². The third-order valence-electron chi connectivity index (χ3n) is 13.3. The van der Waals surface area contributed by atoms with E-state index in [9.17, 15) is 24.3 Å². The number of benzene rings is 2. The maximum atomic E-state index is 14.0. The lowest BCUT2D eigenvalue weighted by Gasteiger charge is -2.35. The molecule has 2 aliphatic carbocycles. The first-order valence-electron chi connectivity index (χ1n) is 20.8. The molecule has 2 saturated carbocycles. The maximum absolute atomic E-state index is 14.0. The van der Waals surface area contributed by atoms with Gasteiger partial charge < -0.3 is 34.9 Å². The van der Waals surface area contributed by atoms with Gasteiger partial charge in [-0.15, -0.1) is 0 Å². The number of carboxylic acid groups (broad SMARTS) is 1. The molecule has 2 aromatic heterocycles. The molecule has 2 aliphatic heterocycles. The van der Waals surface area contributed by atoms with Crippen LogP contribution in [-0.2, 0) is 14.3 Å². The van der Waals surface area contributed by atoms with E-state index in [0.717, 1.165) is 70.0 Å². The molecular formula is C46H54N8O6. The van der Waals surface area contributed by atoms with E-state index in [1.807, 2.05) is 86.0 Å². The molecule has 0 radical (unpaired) electrons. The minimum Gasteiger partial charge on any atom is -0.465 e. The fraction of sp³-hybridized carbons (Fsp3) is 0.478. The molecule has 14 nitrogen and oxygen atoms in total. The molecule has 4 fully saturated rings. The normalized spacial score (nSPS) is 25.8. The number of nitrogens with zero attached hydrogens (tertiary/aromatic N) is 5. The van der Waals surface area contributed by atoms with Crippen LogP contribution in [0.25, 0.3) is 22.5 Å². The number of methoxy groups -OCH3 is 1. The number of nitrogens with one attached hydrogen (secondary N) is 3. The summed E-state index contributed by atoms with van der Waals surface area (Å²) < 4.78 is 4.80. The van der Waals surface area contributed by atoms with Crippen molar-refractivity contribution in [1.29, 1.82) is 0 Å². The Hall–Kier alpha value is -6.10. The van der Waals surface area contributed by atoms with Crippen molar-refractivity contribution in [2.45, 2.75) is 103 Å². The second-order valence-corrected chi connectivity index (χ2v) is 18.4. The molecule has 0 bridgehead atoms. The summed E-state index contributed by atoms with van der Waals surface area (Å²) in [6.07, 6.45) is 5.27. The predicted molar refractivity (Wildman–Crippen MR) is 224 cm³/mol. The van der Waals surface area contributed by atoms with Gasteiger partial charge in [-0.05, 0) is 83.7 Å². The van der Waals surface area contributed by atoms with E-state index < -0.39 is 24.3 Å². The second-order valence-electron chi connectivity index (χ2n) is 18.4. The van der Waals surface area contributed by atoms with Gasteiger partial charge in [0.2, 0.25) is 11.8 Å². The lowest BCUT2D eigenvalue weighted by molar-refractivity contribution is -0.140. The quantitative estimate of drug-likeness (QED) is 0.124. The zero-order chi connectivity index (χ0) is 42.8. The van der Waals surface area contributed by atoms with Crippen molar-refractivity contribution in [3.05, 3.63) is 83.7 Å². The van der Waals surface area contributed by atoms with Gasteiger partial charge in [0.05, 0.1) is 43.0 Å². The average molecular weight is 815 g/mol. The van der Waals surface area contributed by atoms with Crippen molar-refractivity contribution >= 4 is 24.0 Å². The third-order valence-corrected chi connectivity index (χ3v) is 13.3. The van der Waals surface area contributed by atoms with Crippen LogP contribution in [0.1, 0.15) is 102 Å². The number of H-pyrrole nitrogens is 2. The van der Waals surface area contributed by atoms with Gasteiger partial charge in [0.15, 0.2) is 0 Å². The van der Waals surface area contributed by atoms with E-state index in [0.29, 0.717) is 5.82 Å². The number of likely N-dealkylation sites (N-methyl/N-ethyl adjacent to an activating group) is 1. The molecule has 0 unspecified atom stereocenters. The fourth-order valence-electron chi connectivity index (χ4n) is 9.60. The monoisotopic (exact) mass is 814 g/mol. The van der Waals surface area contributed by atoms with Crippen LogP contribution in [0.2, 0.25) is 0 Å². The second kappa shape index (κ2) is 15.2. The van der Waals surface area contributed by atoms with Crippen LogP contribution < -0.4 is 5.32 Å². The minimum absolute atomic E-state index is 0.00428. The van der Waals surface area contributed by atoms with Crippen LogP contribution in [0, 0.1) is 34.5 Å². The molecule has 8 atom stereocenters. The van der Waals surface area contributed by atoms with E-state index in [2.05, 4.69) is 41.0 Å². The summed E-state index contributed by atoms with van der Waals surface area (Å²) in [5, 5.41) is 12.4. The smallest absolute Gasteiger partial charge is 0.407 e. The number of hydrogen-bond acceptors (Lipinski definition) is 7. The number of aromatic nitrogens is 4. The highest BCUT2D eigenvalue weighted by atomic mass is 16.5. The number of carbonyl (C=O) groups is 4. The summed E-state index contributed by atoms with van der Waals surface area (Å²) in [6.45, 7) is 12.0. The van der Waals surface area contributed by atoms with Gasteiger partial charge in [-0.3, -0.25) is 14.5 Å². The fourth-order valence-corrected chi connectivity index (χ4v) is 9.60. The molecule has 2 aromatic carbocycles. The number of amides is 4. The first-order chi connectivity index (χ1) is 28.5. The topological polar surface area (TPSA) is 177 Å². The van der Waals surface area contributed by atoms with Crippen molar-refractivity contribution in [2.24, 2.45) is 22.7 Å². The first-order valence-corrected chi connectivity index (χ1v) is 20.8. The Morgan fingerprint density at radius 1 is 0.767 bits per heavy atom. The molecule has 314 valence electrons. The number of hydrogen-bond donors (Lipinski definition) is 4. The molecule has 60 heavy (non-hydrogen) atoms. The minimum atomic E-state index is -1.12. The number of rotatable bonds is 10. The van der Waals surface area contributed by atoms with Gasteiger partial charge in [0.1, 0.15) is 23.7 Å². The van der Waals surface area contributed by atoms with Crippen molar-refractivity contribution in [1.82, 2.24) is 40.0 Å². The number of imidazole rings is 2. The van der Waals surface area contributed by atoms with E-state index in [-0.39, 0.29) is 58.6 Å². The zero-order valence-electron chi connectivity index (χ0n) is 35.4. The van der Waals surface area contributed by atoms with Crippen LogP contribution in [0.5, 0.6) is 0 Å². The standard InChI is InChI=1S/C46H54N8O6/c1-25(2)37(51-43(57)60-8)41(55)53-33(19-45(5)21-35(45)53)39-47-23-31(49-39)29-15-11-27(12-16-29)9-10-28-13-17-30(18-14-28)32-24-48-40(50-32)34-20-46(6)22-36(46)54(34)42(56)38(26(3)4)52(7)44(58)59/h11-18,23-26,33-38H,19-22H2,1-8H3,(H,47,49)(H,48,50)(H,51,57)(H,58,59)/t33-,34-,35-,36-,37-,38-,45-,46+/m0/s1. The third kappa shape index (κ3) is 7.39. The maximum Gasteiger partial charge on any atom is 0.407 e. The SMILES string of the molecule is COC(=O)N[C@H](C(=O)N1[C@H]2C[C@]2(C)C[C@H]1c1ncc(-c2ccc(C#Cc3ccc(-c4cnc([C@@H]5C[C@]6(C)C[C@@H]6N5C(=O)[C@H](C(C)C)N(C)C(=O)O)[nH]4)cc3)cc2)[nH]1)C(C)C. The van der Waals surface area contributed by atoms with Gasteiger partial charge in [-0.25, -0.2) is 19.6 Å². The van der Waals surface area contributed by atoms with E-state index in [4.69, 9.17) is 14.7 Å². The summed E-state index contributed by atoms with van der Waals surface area (Å²) in [6, 6.07) is 14.1. The zero-order valence-corrected chi connectivity index (χ0v) is 35.4. The Morgan fingerprint density at radius 2 is 1.22 bits per heavy atom. The lowest BCUT2D eigenvalue weighted by Crippen LogP contribution is -2.52. The molecule has 4 N–H and O–H groups in total. The van der Waals surface area contributed by atoms with Crippen molar-refractivity contribution in [2.75, 3.05) is 14.2 Å². The summed E-state index contributed by atoms with van der Waals surface area (Å²) in [7, 11) is 2.76. The number of alkyl carbamates (subject to hydrolysis) is 1. The molecular weight excluding hydrogens is 761 g/mol. The summed E-state index contributed by atoms with van der Waals surface area (Å²) in [5.41, 5.74) is 5.31. The largest absolute Gasteiger partial charge is 0.465 e. The highest BCUT2D eigenvalue weighted by Crippen LogP contribution is 2.64. The molecule has 4 amide bonds. The Balaban J connectivity index is 0.922. The molecule has 14 heteroatoms. The predicted octanol–water partition coefficient (Wildman–Crippen LogP) is 6.99. The van der Waals surface area contributed by atoms with E-state index in [1.54, 1.807) is 12.4 Å².